The average molecular weight is 312 g/mol. The lowest BCUT2D eigenvalue weighted by Crippen LogP contribution is -2.41. The van der Waals surface area contributed by atoms with Crippen molar-refractivity contribution in [1.29, 1.82) is 0 Å². The van der Waals surface area contributed by atoms with Gasteiger partial charge in [0.15, 0.2) is 0 Å². The van der Waals surface area contributed by atoms with E-state index in [-0.39, 0.29) is 17.0 Å². The van der Waals surface area contributed by atoms with Crippen LogP contribution in [-0.2, 0) is 6.42 Å². The van der Waals surface area contributed by atoms with Gasteiger partial charge in [-0.2, -0.15) is 0 Å². The number of likely N-dealkylation sites (tertiary alicyclic amines) is 1. The van der Waals surface area contributed by atoms with Gasteiger partial charge in [0.1, 0.15) is 5.56 Å². The van der Waals surface area contributed by atoms with E-state index < -0.39 is 0 Å². The van der Waals surface area contributed by atoms with Crippen LogP contribution in [0.2, 0.25) is 0 Å². The molecule has 0 bridgehead atoms. The first-order valence-corrected chi connectivity index (χ1v) is 7.87. The van der Waals surface area contributed by atoms with E-state index >= 15 is 0 Å². The third-order valence-electron chi connectivity index (χ3n) is 4.34. The fraction of sp³-hybridized carbons (Fsp3) is 0.412. The zero-order valence-electron chi connectivity index (χ0n) is 13.2. The van der Waals surface area contributed by atoms with Crippen LogP contribution in [0.4, 0.5) is 0 Å². The second-order valence-corrected chi connectivity index (χ2v) is 6.04. The van der Waals surface area contributed by atoms with E-state index in [1.165, 1.54) is 18.1 Å². The van der Waals surface area contributed by atoms with Gasteiger partial charge in [0.05, 0.1) is 6.33 Å². The first-order chi connectivity index (χ1) is 11.1. The Bertz CT molecular complexity index is 748. The summed E-state index contributed by atoms with van der Waals surface area (Å²) in [5.74, 6) is 0.339. The summed E-state index contributed by atoms with van der Waals surface area (Å²) >= 11 is 0. The minimum Gasteiger partial charge on any atom is -0.338 e. The van der Waals surface area contributed by atoms with Gasteiger partial charge >= 0.3 is 0 Å². The van der Waals surface area contributed by atoms with Gasteiger partial charge in [0, 0.05) is 31.2 Å². The molecular weight excluding hydrogens is 292 g/mol. The lowest BCUT2D eigenvalue weighted by Gasteiger charge is -2.32. The number of pyridine rings is 1. The van der Waals surface area contributed by atoms with Crippen molar-refractivity contribution in [2.24, 2.45) is 5.92 Å². The molecule has 0 unspecified atom stereocenters. The van der Waals surface area contributed by atoms with Crippen molar-refractivity contribution in [1.82, 2.24) is 19.9 Å². The van der Waals surface area contributed by atoms with E-state index in [1.54, 1.807) is 4.90 Å². The van der Waals surface area contributed by atoms with Gasteiger partial charge < -0.3 is 9.88 Å². The zero-order valence-corrected chi connectivity index (χ0v) is 13.2. The SMILES string of the molecule is Cc1cc(CC2CCN(C(=O)c3cnc[nH]c3=O)CC2)ccn1. The van der Waals surface area contributed by atoms with Crippen LogP contribution in [0.5, 0.6) is 0 Å². The summed E-state index contributed by atoms with van der Waals surface area (Å²) in [6.45, 7) is 3.36. The molecule has 1 N–H and O–H groups in total. The number of carbonyl (C=O) groups excluding carboxylic acids is 1. The molecule has 2 aromatic rings. The van der Waals surface area contributed by atoms with E-state index in [9.17, 15) is 9.59 Å². The first-order valence-electron chi connectivity index (χ1n) is 7.87. The maximum absolute atomic E-state index is 12.4. The van der Waals surface area contributed by atoms with Crippen LogP contribution in [0, 0.1) is 12.8 Å². The van der Waals surface area contributed by atoms with Crippen LogP contribution in [0.3, 0.4) is 0 Å². The monoisotopic (exact) mass is 312 g/mol. The summed E-state index contributed by atoms with van der Waals surface area (Å²) in [6.07, 6.45) is 7.39. The number of aryl methyl sites for hydroxylation is 1. The Morgan fingerprint density at radius 2 is 2.17 bits per heavy atom. The predicted octanol–water partition coefficient (Wildman–Crippen LogP) is 1.57. The molecule has 3 rings (SSSR count). The molecular formula is C17H20N4O2. The standard InChI is InChI=1S/C17H20N4O2/c1-12-8-14(2-5-19-12)9-13-3-6-21(7-4-13)17(23)15-10-18-11-20-16(15)22/h2,5,8,10-11,13H,3-4,6-7,9H2,1H3,(H,18,20,22). The molecule has 120 valence electrons. The largest absolute Gasteiger partial charge is 0.338 e. The molecule has 0 atom stereocenters. The molecule has 0 aromatic carbocycles. The Morgan fingerprint density at radius 3 is 2.87 bits per heavy atom. The Hall–Kier alpha value is -2.50. The minimum atomic E-state index is -0.376. The van der Waals surface area contributed by atoms with Crippen molar-refractivity contribution in [3.05, 3.63) is 58.0 Å². The molecule has 0 aliphatic carbocycles. The number of hydrogen-bond acceptors (Lipinski definition) is 4. The molecule has 23 heavy (non-hydrogen) atoms. The molecule has 0 spiro atoms. The molecule has 0 saturated carbocycles. The maximum atomic E-state index is 12.4. The Morgan fingerprint density at radius 1 is 1.39 bits per heavy atom. The fourth-order valence-electron chi connectivity index (χ4n) is 3.07. The van der Waals surface area contributed by atoms with Gasteiger partial charge in [-0.3, -0.25) is 14.6 Å². The number of nitrogens with zero attached hydrogens (tertiary/aromatic N) is 3. The van der Waals surface area contributed by atoms with Crippen molar-refractivity contribution in [2.45, 2.75) is 26.2 Å². The van der Waals surface area contributed by atoms with Crippen molar-refractivity contribution in [3.8, 4) is 0 Å². The molecule has 1 aliphatic heterocycles. The minimum absolute atomic E-state index is 0.121. The van der Waals surface area contributed by atoms with Gasteiger partial charge in [0.25, 0.3) is 11.5 Å². The highest BCUT2D eigenvalue weighted by Crippen LogP contribution is 2.22. The second-order valence-electron chi connectivity index (χ2n) is 6.04. The summed E-state index contributed by atoms with van der Waals surface area (Å²) in [5.41, 5.74) is 2.08. The molecule has 3 heterocycles. The van der Waals surface area contributed by atoms with E-state index in [1.807, 2.05) is 13.1 Å². The average Bonchev–Trinajstić information content (AvgIpc) is 2.55. The molecule has 1 saturated heterocycles. The smallest absolute Gasteiger partial charge is 0.263 e. The fourth-order valence-corrected chi connectivity index (χ4v) is 3.07. The van der Waals surface area contributed by atoms with Crippen molar-refractivity contribution in [2.75, 3.05) is 13.1 Å². The molecule has 2 aromatic heterocycles. The van der Waals surface area contributed by atoms with Crippen molar-refractivity contribution < 1.29 is 4.79 Å². The normalized spacial score (nSPS) is 15.6. The highest BCUT2D eigenvalue weighted by atomic mass is 16.2. The van der Waals surface area contributed by atoms with Gasteiger partial charge in [-0.25, -0.2) is 4.98 Å². The van der Waals surface area contributed by atoms with Crippen molar-refractivity contribution in [3.63, 3.8) is 0 Å². The van der Waals surface area contributed by atoms with Crippen LogP contribution in [0.15, 0.2) is 35.6 Å². The van der Waals surface area contributed by atoms with Crippen LogP contribution >= 0.6 is 0 Å². The Balaban J connectivity index is 1.59. The molecule has 1 fully saturated rings. The number of hydrogen-bond donors (Lipinski definition) is 1. The van der Waals surface area contributed by atoms with Crippen LogP contribution < -0.4 is 5.56 Å². The molecule has 0 radical (unpaired) electrons. The first kappa shape index (κ1) is 15.4. The molecule has 1 amide bonds. The highest BCUT2D eigenvalue weighted by molar-refractivity contribution is 5.93. The van der Waals surface area contributed by atoms with Gasteiger partial charge in [0.2, 0.25) is 0 Å². The van der Waals surface area contributed by atoms with Crippen LogP contribution in [-0.4, -0.2) is 38.8 Å². The Labute approximate surface area is 134 Å². The van der Waals surface area contributed by atoms with Crippen LogP contribution in [0.25, 0.3) is 0 Å². The van der Waals surface area contributed by atoms with Crippen LogP contribution in [0.1, 0.15) is 34.5 Å². The number of H-pyrrole nitrogens is 1. The highest BCUT2D eigenvalue weighted by Gasteiger charge is 2.25. The maximum Gasteiger partial charge on any atom is 0.263 e. The number of aromatic nitrogens is 3. The quantitative estimate of drug-likeness (QED) is 0.933. The van der Waals surface area contributed by atoms with E-state index in [4.69, 9.17) is 0 Å². The third-order valence-corrected chi connectivity index (χ3v) is 4.34. The topological polar surface area (TPSA) is 79.0 Å². The predicted molar refractivity (Wildman–Crippen MR) is 86.2 cm³/mol. The van der Waals surface area contributed by atoms with Crippen molar-refractivity contribution >= 4 is 5.91 Å². The van der Waals surface area contributed by atoms with E-state index in [0.29, 0.717) is 19.0 Å². The second kappa shape index (κ2) is 6.73. The summed E-state index contributed by atoms with van der Waals surface area (Å²) in [6, 6.07) is 4.17. The third kappa shape index (κ3) is 3.64. The van der Waals surface area contributed by atoms with E-state index in [2.05, 4.69) is 27.1 Å². The van der Waals surface area contributed by atoms with Gasteiger partial charge in [-0.1, -0.05) is 0 Å². The lowest BCUT2D eigenvalue weighted by atomic mass is 9.90. The zero-order chi connectivity index (χ0) is 16.2. The summed E-state index contributed by atoms with van der Waals surface area (Å²) < 4.78 is 0. The van der Waals surface area contributed by atoms with Gasteiger partial charge in [-0.05, 0) is 49.8 Å². The molecule has 6 heteroatoms. The number of carbonyl (C=O) groups is 1. The Kier molecular flexibility index (Phi) is 4.50. The number of amides is 1. The van der Waals surface area contributed by atoms with E-state index in [0.717, 1.165) is 25.0 Å². The molecule has 6 nitrogen and oxygen atoms in total. The number of rotatable bonds is 3. The summed E-state index contributed by atoms with van der Waals surface area (Å²) in [7, 11) is 0. The summed E-state index contributed by atoms with van der Waals surface area (Å²) in [5, 5.41) is 0. The summed E-state index contributed by atoms with van der Waals surface area (Å²) in [4.78, 5) is 36.3. The molecule has 1 aliphatic rings. The lowest BCUT2D eigenvalue weighted by molar-refractivity contribution is 0.0688. The number of piperidine rings is 1. The number of nitrogens with one attached hydrogen (secondary N) is 1. The number of aromatic amines is 1. The van der Waals surface area contributed by atoms with Gasteiger partial charge in [-0.15, -0.1) is 0 Å².